The van der Waals surface area contributed by atoms with Crippen LogP contribution in [0.4, 0.5) is 18.9 Å². The Morgan fingerprint density at radius 1 is 1.18 bits per heavy atom. The van der Waals surface area contributed by atoms with Crippen LogP contribution in [0.5, 0.6) is 0 Å². The van der Waals surface area contributed by atoms with Gasteiger partial charge in [0.2, 0.25) is 11.8 Å². The first-order valence-corrected chi connectivity index (χ1v) is 12.1. The van der Waals surface area contributed by atoms with Gasteiger partial charge >= 0.3 is 6.18 Å². The number of aromatic nitrogens is 3. The van der Waals surface area contributed by atoms with E-state index in [9.17, 15) is 37.9 Å². The van der Waals surface area contributed by atoms with Gasteiger partial charge < -0.3 is 9.84 Å². The van der Waals surface area contributed by atoms with Crippen molar-refractivity contribution < 1.29 is 32.6 Å². The van der Waals surface area contributed by atoms with Crippen LogP contribution in [0.2, 0.25) is 0 Å². The topological polar surface area (TPSA) is 138 Å². The Kier molecular flexibility index (Phi) is 5.27. The summed E-state index contributed by atoms with van der Waals surface area (Å²) in [5.41, 5.74) is -4.15. The van der Waals surface area contributed by atoms with E-state index in [4.69, 9.17) is 4.74 Å². The van der Waals surface area contributed by atoms with Crippen LogP contribution in [0.25, 0.3) is 10.9 Å². The van der Waals surface area contributed by atoms with Crippen molar-refractivity contribution in [1.82, 2.24) is 14.5 Å². The monoisotopic (exact) mass is 539 g/mol. The number of anilines is 1. The number of rotatable bonds is 4. The summed E-state index contributed by atoms with van der Waals surface area (Å²) in [5.74, 6) is -3.16. The Balaban J connectivity index is 1.38. The maximum atomic E-state index is 13.9. The predicted molar refractivity (Wildman–Crippen MR) is 127 cm³/mol. The van der Waals surface area contributed by atoms with Gasteiger partial charge in [-0.1, -0.05) is 0 Å². The molecule has 6 rings (SSSR count). The van der Waals surface area contributed by atoms with Gasteiger partial charge in [-0.25, -0.2) is 9.88 Å². The average Bonchev–Trinajstić information content (AvgIpc) is 3.43. The van der Waals surface area contributed by atoms with E-state index in [1.165, 1.54) is 18.3 Å². The van der Waals surface area contributed by atoms with Crippen molar-refractivity contribution in [3.63, 3.8) is 0 Å². The zero-order chi connectivity index (χ0) is 27.9. The molecule has 3 aliphatic rings. The maximum Gasteiger partial charge on any atom is 0.433 e. The molecule has 39 heavy (non-hydrogen) atoms. The standard InChI is InChI=1S/C26H20F3N5O5/c1-24-17(35)10-25(39-24,6-8-33-12-32-16(9-18(33)36)26(27,28)29)20-19(24)22(37)34(23(20)38)15-5-4-13(11-30)21-14(15)3-2-7-31-21/h2-5,7,9,12,17,19-20,35H,6,8,10H2,1H3/t17-,19-,20+,24-,25+/m1/s1. The van der Waals surface area contributed by atoms with Gasteiger partial charge in [-0.3, -0.25) is 23.9 Å². The van der Waals surface area contributed by atoms with Crippen molar-refractivity contribution in [2.45, 2.75) is 49.8 Å². The minimum atomic E-state index is -4.78. The molecule has 3 aromatic rings. The minimum Gasteiger partial charge on any atom is -0.390 e. The molecule has 5 atom stereocenters. The first-order valence-electron chi connectivity index (χ1n) is 12.1. The Bertz CT molecular complexity index is 1670. The maximum absolute atomic E-state index is 13.9. The van der Waals surface area contributed by atoms with E-state index in [1.54, 1.807) is 19.1 Å². The van der Waals surface area contributed by atoms with Gasteiger partial charge in [-0.05, 0) is 37.6 Å². The summed E-state index contributed by atoms with van der Waals surface area (Å²) in [7, 11) is 0. The molecule has 1 aromatic carbocycles. The Hall–Kier alpha value is -4.15. The number of imide groups is 1. The molecule has 10 nitrogen and oxygen atoms in total. The van der Waals surface area contributed by atoms with Crippen molar-refractivity contribution in [2.24, 2.45) is 11.8 Å². The molecule has 1 N–H and O–H groups in total. The lowest BCUT2D eigenvalue weighted by Crippen LogP contribution is -2.49. The fourth-order valence-electron chi connectivity index (χ4n) is 6.36. The number of amides is 2. The van der Waals surface area contributed by atoms with Gasteiger partial charge in [0, 0.05) is 30.6 Å². The second-order valence-corrected chi connectivity index (χ2v) is 10.2. The van der Waals surface area contributed by atoms with Crippen molar-refractivity contribution >= 4 is 28.4 Å². The van der Waals surface area contributed by atoms with Crippen LogP contribution in [-0.2, 0) is 27.0 Å². The quantitative estimate of drug-likeness (QED) is 0.498. The van der Waals surface area contributed by atoms with Crippen LogP contribution in [-0.4, -0.2) is 48.8 Å². The smallest absolute Gasteiger partial charge is 0.390 e. The third-order valence-corrected chi connectivity index (χ3v) is 8.17. The highest BCUT2D eigenvalue weighted by atomic mass is 19.4. The Morgan fingerprint density at radius 2 is 1.92 bits per heavy atom. The fraction of sp³-hybridized carbons (Fsp3) is 0.385. The van der Waals surface area contributed by atoms with Crippen LogP contribution in [0, 0.1) is 23.2 Å². The number of nitrogens with zero attached hydrogens (tertiary/aromatic N) is 5. The molecule has 2 amide bonds. The molecule has 0 aliphatic carbocycles. The number of aryl methyl sites for hydroxylation is 1. The summed E-state index contributed by atoms with van der Waals surface area (Å²) >= 11 is 0. The highest BCUT2D eigenvalue weighted by Crippen LogP contribution is 2.62. The number of carbonyl (C=O) groups is 2. The van der Waals surface area contributed by atoms with Crippen molar-refractivity contribution in [3.8, 4) is 6.07 Å². The van der Waals surface area contributed by atoms with Gasteiger partial charge in [-0.2, -0.15) is 18.4 Å². The molecular formula is C26H20F3N5O5. The van der Waals surface area contributed by atoms with Crippen LogP contribution in [0.1, 0.15) is 31.0 Å². The Morgan fingerprint density at radius 3 is 2.62 bits per heavy atom. The average molecular weight is 539 g/mol. The zero-order valence-corrected chi connectivity index (χ0v) is 20.3. The molecule has 3 fully saturated rings. The van der Waals surface area contributed by atoms with E-state index in [-0.39, 0.29) is 30.6 Å². The zero-order valence-electron chi connectivity index (χ0n) is 20.3. The number of fused-ring (bicyclic) bond motifs is 6. The highest BCUT2D eigenvalue weighted by molar-refractivity contribution is 6.26. The van der Waals surface area contributed by atoms with Crippen molar-refractivity contribution in [3.05, 3.63) is 64.5 Å². The third-order valence-electron chi connectivity index (χ3n) is 8.17. The van der Waals surface area contributed by atoms with E-state index in [0.717, 1.165) is 15.8 Å². The van der Waals surface area contributed by atoms with Crippen molar-refractivity contribution in [1.29, 1.82) is 5.26 Å². The van der Waals surface area contributed by atoms with Gasteiger partial charge in [-0.15, -0.1) is 0 Å². The first-order chi connectivity index (χ1) is 18.4. The van der Waals surface area contributed by atoms with E-state index < -0.39 is 58.4 Å². The molecule has 200 valence electrons. The fourth-order valence-corrected chi connectivity index (χ4v) is 6.36. The van der Waals surface area contributed by atoms with E-state index in [2.05, 4.69) is 9.97 Å². The highest BCUT2D eigenvalue weighted by Gasteiger charge is 2.77. The van der Waals surface area contributed by atoms with Gasteiger partial charge in [0.05, 0.1) is 46.6 Å². The number of pyridine rings is 1. The number of hydrogen-bond acceptors (Lipinski definition) is 8. The molecule has 0 saturated carbocycles. The van der Waals surface area contributed by atoms with Crippen molar-refractivity contribution in [2.75, 3.05) is 4.90 Å². The summed E-state index contributed by atoms with van der Waals surface area (Å²) in [6.45, 7) is 1.41. The molecule has 0 unspecified atom stereocenters. The molecule has 0 radical (unpaired) electrons. The number of nitriles is 1. The molecule has 0 spiro atoms. The summed E-state index contributed by atoms with van der Waals surface area (Å²) in [4.78, 5) is 48.7. The number of carbonyl (C=O) groups excluding carboxylic acids is 2. The number of aliphatic hydroxyl groups excluding tert-OH is 1. The molecule has 3 aliphatic heterocycles. The second-order valence-electron chi connectivity index (χ2n) is 10.2. The van der Waals surface area contributed by atoms with Gasteiger partial charge in [0.1, 0.15) is 11.7 Å². The van der Waals surface area contributed by atoms with E-state index >= 15 is 0 Å². The second kappa shape index (κ2) is 8.17. The van der Waals surface area contributed by atoms with Crippen LogP contribution < -0.4 is 10.5 Å². The van der Waals surface area contributed by atoms with E-state index in [1.807, 2.05) is 6.07 Å². The van der Waals surface area contributed by atoms with Gasteiger partial charge in [0.15, 0.2) is 5.69 Å². The first kappa shape index (κ1) is 25.1. The van der Waals surface area contributed by atoms with Crippen LogP contribution >= 0.6 is 0 Å². The van der Waals surface area contributed by atoms with E-state index in [0.29, 0.717) is 17.0 Å². The molecule has 2 bridgehead atoms. The normalized spacial score (nSPS) is 29.7. The van der Waals surface area contributed by atoms with Crippen LogP contribution in [0.3, 0.4) is 0 Å². The lowest BCUT2D eigenvalue weighted by Gasteiger charge is -2.33. The molecule has 2 aromatic heterocycles. The lowest BCUT2D eigenvalue weighted by atomic mass is 9.66. The molecule has 3 saturated heterocycles. The summed E-state index contributed by atoms with van der Waals surface area (Å²) in [6, 6.07) is 8.67. The minimum absolute atomic E-state index is 0.00395. The lowest BCUT2D eigenvalue weighted by molar-refractivity contribution is -0.141. The largest absolute Gasteiger partial charge is 0.433 e. The molecule has 13 heteroatoms. The third kappa shape index (κ3) is 3.44. The number of hydrogen-bond donors (Lipinski definition) is 1. The number of ether oxygens (including phenoxy) is 1. The SMILES string of the molecule is C[C@@]12O[C@@](CCn3cnc(C(F)(F)F)cc3=O)(C[C@H]1O)[C@@H]1C(=O)N(c3ccc(C#N)c4ncccc34)C(=O)[C@@H]12. The molecular weight excluding hydrogens is 519 g/mol. The van der Waals surface area contributed by atoms with Crippen LogP contribution in [0.15, 0.2) is 47.7 Å². The number of alkyl halides is 3. The summed E-state index contributed by atoms with van der Waals surface area (Å²) < 4.78 is 46.0. The summed E-state index contributed by atoms with van der Waals surface area (Å²) in [6.07, 6.45) is -3.64. The number of halogens is 3. The Labute approximate surface area is 218 Å². The van der Waals surface area contributed by atoms with Gasteiger partial charge in [0.25, 0.3) is 5.56 Å². The summed E-state index contributed by atoms with van der Waals surface area (Å²) in [5, 5.41) is 20.8. The number of aliphatic hydroxyl groups is 1. The molecule has 5 heterocycles. The predicted octanol–water partition coefficient (Wildman–Crippen LogP) is 2.17. The number of benzene rings is 1.